The Bertz CT molecular complexity index is 1260. The molecule has 7 heteroatoms. The number of nitrogens with one attached hydrogen (secondary N) is 2. The van der Waals surface area contributed by atoms with Gasteiger partial charge >= 0.3 is 0 Å². The van der Waals surface area contributed by atoms with E-state index in [2.05, 4.69) is 22.1 Å². The van der Waals surface area contributed by atoms with Crippen LogP contribution in [0.3, 0.4) is 0 Å². The van der Waals surface area contributed by atoms with Gasteiger partial charge < -0.3 is 29.6 Å². The topological polar surface area (TPSA) is 92.8 Å². The van der Waals surface area contributed by atoms with E-state index in [-0.39, 0.29) is 5.91 Å². The number of carbonyl (C=O) groups is 1. The highest BCUT2D eigenvalue weighted by atomic mass is 16.5. The minimum atomic E-state index is -1.05. The first kappa shape index (κ1) is 21.1. The molecule has 0 saturated heterocycles. The third-order valence-electron chi connectivity index (χ3n) is 5.14. The molecule has 162 valence electrons. The first-order valence-electron chi connectivity index (χ1n) is 9.85. The highest BCUT2D eigenvalue weighted by molar-refractivity contribution is 6.35. The van der Waals surface area contributed by atoms with Crippen molar-refractivity contribution in [3.05, 3.63) is 71.0 Å². The van der Waals surface area contributed by atoms with Gasteiger partial charge in [0.15, 0.2) is 11.5 Å². The van der Waals surface area contributed by atoms with Gasteiger partial charge in [-0.1, -0.05) is 24.0 Å². The quantitative estimate of drug-likeness (QED) is 0.425. The van der Waals surface area contributed by atoms with Crippen LogP contribution in [0.4, 0.5) is 5.69 Å². The van der Waals surface area contributed by atoms with Gasteiger partial charge in [0.2, 0.25) is 0 Å². The summed E-state index contributed by atoms with van der Waals surface area (Å²) < 4.78 is 15.9. The lowest BCUT2D eigenvalue weighted by atomic mass is 9.99. The number of benzene rings is 2. The highest BCUT2D eigenvalue weighted by Crippen LogP contribution is 2.36. The van der Waals surface area contributed by atoms with Gasteiger partial charge in [-0.15, -0.1) is 0 Å². The van der Waals surface area contributed by atoms with E-state index in [9.17, 15) is 9.90 Å². The first-order valence-corrected chi connectivity index (χ1v) is 9.85. The molecule has 7 nitrogen and oxygen atoms in total. The Hall–Kier alpha value is -4.15. The summed E-state index contributed by atoms with van der Waals surface area (Å²) in [4.78, 5) is 15.7. The fourth-order valence-electron chi connectivity index (χ4n) is 3.55. The van der Waals surface area contributed by atoms with Gasteiger partial charge in [-0.2, -0.15) is 0 Å². The SMILES string of the molecule is COc1ccc(C(O)C#Cc2cccc3c2C(=Cc2[nH]ccc2OC)C(=O)N3)cc1OC. The molecule has 0 radical (unpaired) electrons. The number of rotatable bonds is 5. The van der Waals surface area contributed by atoms with E-state index < -0.39 is 6.10 Å². The summed E-state index contributed by atoms with van der Waals surface area (Å²) in [5.74, 6) is 7.35. The van der Waals surface area contributed by atoms with Crippen LogP contribution in [0.15, 0.2) is 48.7 Å². The van der Waals surface area contributed by atoms with Crippen LogP contribution in [0.25, 0.3) is 11.6 Å². The van der Waals surface area contributed by atoms with Crippen LogP contribution in [0.5, 0.6) is 17.2 Å². The summed E-state index contributed by atoms with van der Waals surface area (Å²) in [5, 5.41) is 13.5. The third kappa shape index (κ3) is 3.92. The molecule has 2 aromatic carbocycles. The van der Waals surface area contributed by atoms with Gasteiger partial charge in [0.25, 0.3) is 5.91 Å². The van der Waals surface area contributed by atoms with Gasteiger partial charge in [0, 0.05) is 17.3 Å². The molecule has 1 atom stereocenters. The van der Waals surface area contributed by atoms with Crippen molar-refractivity contribution in [1.29, 1.82) is 0 Å². The van der Waals surface area contributed by atoms with Crippen molar-refractivity contribution in [3.63, 3.8) is 0 Å². The number of aromatic nitrogens is 1. The van der Waals surface area contributed by atoms with Crippen LogP contribution in [0.1, 0.15) is 28.5 Å². The summed E-state index contributed by atoms with van der Waals surface area (Å²) in [6, 6.07) is 12.3. The van der Waals surface area contributed by atoms with Crippen molar-refractivity contribution in [2.24, 2.45) is 0 Å². The minimum absolute atomic E-state index is 0.230. The molecular weight excluding hydrogens is 408 g/mol. The molecule has 2 heterocycles. The largest absolute Gasteiger partial charge is 0.495 e. The van der Waals surface area contributed by atoms with Crippen molar-refractivity contribution in [1.82, 2.24) is 4.98 Å². The number of aromatic amines is 1. The fraction of sp³-hybridized carbons (Fsp3) is 0.160. The molecule has 0 aliphatic carbocycles. The average Bonchev–Trinajstić information content (AvgIpc) is 3.40. The third-order valence-corrected chi connectivity index (χ3v) is 5.14. The number of fused-ring (bicyclic) bond motifs is 1. The number of hydrogen-bond donors (Lipinski definition) is 3. The standard InChI is InChI=1S/C25H22N2O5/c1-30-21-11-12-26-19(21)14-17-24-15(5-4-6-18(24)27-25(17)29)7-9-20(28)16-8-10-22(31-2)23(13-16)32-3/h4-6,8,10-14,20,26,28H,1-3H3,(H,27,29). The average molecular weight is 430 g/mol. The van der Waals surface area contributed by atoms with Crippen LogP contribution in [0, 0.1) is 11.8 Å². The van der Waals surface area contributed by atoms with Crippen LogP contribution in [-0.4, -0.2) is 37.3 Å². The van der Waals surface area contributed by atoms with Crippen molar-refractivity contribution in [3.8, 4) is 29.1 Å². The number of ether oxygens (including phenoxy) is 3. The normalized spacial score (nSPS) is 14.2. The lowest BCUT2D eigenvalue weighted by Crippen LogP contribution is -2.03. The van der Waals surface area contributed by atoms with E-state index in [1.165, 1.54) is 7.11 Å². The Morgan fingerprint density at radius 2 is 1.78 bits per heavy atom. The van der Waals surface area contributed by atoms with Crippen LogP contribution in [-0.2, 0) is 4.79 Å². The Kier molecular flexibility index (Phi) is 5.88. The Morgan fingerprint density at radius 1 is 1.00 bits per heavy atom. The second kappa shape index (κ2) is 8.92. The Balaban J connectivity index is 1.71. The zero-order chi connectivity index (χ0) is 22.7. The maximum absolute atomic E-state index is 12.6. The maximum atomic E-state index is 12.6. The van der Waals surface area contributed by atoms with E-state index in [4.69, 9.17) is 14.2 Å². The number of amides is 1. The van der Waals surface area contributed by atoms with Crippen molar-refractivity contribution in [2.75, 3.05) is 26.6 Å². The van der Waals surface area contributed by atoms with Gasteiger partial charge in [0.1, 0.15) is 11.9 Å². The Labute approximate surface area is 185 Å². The smallest absolute Gasteiger partial charge is 0.256 e. The van der Waals surface area contributed by atoms with Crippen LogP contribution >= 0.6 is 0 Å². The van der Waals surface area contributed by atoms with Crippen molar-refractivity contribution >= 4 is 23.2 Å². The monoisotopic (exact) mass is 430 g/mol. The van der Waals surface area contributed by atoms with Crippen molar-refractivity contribution in [2.45, 2.75) is 6.10 Å². The molecule has 3 N–H and O–H groups in total. The predicted molar refractivity (Wildman–Crippen MR) is 122 cm³/mol. The number of aliphatic hydroxyl groups excluding tert-OH is 1. The number of anilines is 1. The molecule has 1 aliphatic rings. The van der Waals surface area contributed by atoms with E-state index in [0.29, 0.717) is 50.9 Å². The molecule has 3 aromatic rings. The molecule has 4 rings (SSSR count). The minimum Gasteiger partial charge on any atom is -0.495 e. The molecule has 0 saturated carbocycles. The summed E-state index contributed by atoms with van der Waals surface area (Å²) in [5.41, 5.74) is 3.69. The molecule has 0 bridgehead atoms. The summed E-state index contributed by atoms with van der Waals surface area (Å²) >= 11 is 0. The first-order chi connectivity index (χ1) is 15.5. The number of aliphatic hydroxyl groups is 1. The summed E-state index contributed by atoms with van der Waals surface area (Å²) in [6.07, 6.45) is 2.42. The molecule has 1 amide bonds. The number of hydrogen-bond acceptors (Lipinski definition) is 5. The second-order valence-electron chi connectivity index (χ2n) is 6.99. The molecule has 0 spiro atoms. The van der Waals surface area contributed by atoms with E-state index in [1.54, 1.807) is 50.8 Å². The van der Waals surface area contributed by atoms with Gasteiger partial charge in [-0.25, -0.2) is 0 Å². The lowest BCUT2D eigenvalue weighted by molar-refractivity contribution is -0.110. The van der Waals surface area contributed by atoms with Crippen LogP contribution < -0.4 is 19.5 Å². The molecule has 1 unspecified atom stereocenters. The second-order valence-corrected chi connectivity index (χ2v) is 6.99. The highest BCUT2D eigenvalue weighted by Gasteiger charge is 2.27. The summed E-state index contributed by atoms with van der Waals surface area (Å²) in [6.45, 7) is 0. The zero-order valence-electron chi connectivity index (χ0n) is 17.9. The number of carbonyl (C=O) groups excluding carboxylic acids is 1. The van der Waals surface area contributed by atoms with Gasteiger partial charge in [0.05, 0.1) is 38.3 Å². The van der Waals surface area contributed by atoms with Crippen molar-refractivity contribution < 1.29 is 24.1 Å². The predicted octanol–water partition coefficient (Wildman–Crippen LogP) is 3.62. The van der Waals surface area contributed by atoms with Gasteiger partial charge in [-0.05, 0) is 42.0 Å². The van der Waals surface area contributed by atoms with Crippen LogP contribution in [0.2, 0.25) is 0 Å². The van der Waals surface area contributed by atoms with E-state index in [0.717, 1.165) is 0 Å². The summed E-state index contributed by atoms with van der Waals surface area (Å²) in [7, 11) is 4.65. The maximum Gasteiger partial charge on any atom is 0.256 e. The zero-order valence-corrected chi connectivity index (χ0v) is 17.9. The molecule has 32 heavy (non-hydrogen) atoms. The van der Waals surface area contributed by atoms with E-state index >= 15 is 0 Å². The molecular formula is C25H22N2O5. The number of methoxy groups -OCH3 is 3. The fourth-order valence-corrected chi connectivity index (χ4v) is 3.55. The number of H-pyrrole nitrogens is 1. The van der Waals surface area contributed by atoms with E-state index in [1.807, 2.05) is 18.2 Å². The molecule has 1 aliphatic heterocycles. The molecule has 0 fully saturated rings. The lowest BCUT2D eigenvalue weighted by Gasteiger charge is -2.10. The van der Waals surface area contributed by atoms with Gasteiger partial charge in [-0.3, -0.25) is 4.79 Å². The molecule has 1 aromatic heterocycles. The Morgan fingerprint density at radius 3 is 2.53 bits per heavy atom.